The molecule has 3 rings (SSSR count). The molecule has 25 heavy (non-hydrogen) atoms. The Labute approximate surface area is 149 Å². The van der Waals surface area contributed by atoms with Gasteiger partial charge in [-0.3, -0.25) is 4.79 Å². The molecule has 1 aromatic rings. The third-order valence-electron chi connectivity index (χ3n) is 4.71. The van der Waals surface area contributed by atoms with Gasteiger partial charge in [0.15, 0.2) is 0 Å². The second kappa shape index (κ2) is 7.80. The zero-order valence-electron chi connectivity index (χ0n) is 13.8. The molecule has 2 aliphatic heterocycles. The van der Waals surface area contributed by atoms with E-state index in [1.807, 2.05) is 21.6 Å². The smallest absolute Gasteiger partial charge is 0.356 e. The number of hydrogen-bond donors (Lipinski definition) is 0. The van der Waals surface area contributed by atoms with E-state index >= 15 is 0 Å². The van der Waals surface area contributed by atoms with Crippen LogP contribution in [0.15, 0.2) is 12.4 Å². The lowest BCUT2D eigenvalue weighted by molar-refractivity contribution is -0.141. The van der Waals surface area contributed by atoms with Crippen molar-refractivity contribution in [2.24, 2.45) is 5.92 Å². The van der Waals surface area contributed by atoms with Gasteiger partial charge < -0.3 is 9.80 Å². The molecular weight excluding hydrogens is 353 g/mol. The van der Waals surface area contributed by atoms with Gasteiger partial charge in [-0.1, -0.05) is 0 Å². The summed E-state index contributed by atoms with van der Waals surface area (Å²) in [6.45, 7) is 2.87. The first kappa shape index (κ1) is 18.3. The normalized spacial score (nSPS) is 20.0. The Morgan fingerprint density at radius 3 is 2.48 bits per heavy atom. The number of amides is 1. The minimum absolute atomic E-state index is 0.208. The SMILES string of the molecule is O=C(CC1CCN(c2cc(C(F)(F)F)ncn2)CC1)N1CCSCC1. The molecule has 0 unspecified atom stereocenters. The van der Waals surface area contributed by atoms with Crippen LogP contribution in [0.2, 0.25) is 0 Å². The molecule has 138 valence electrons. The molecule has 0 saturated carbocycles. The number of carbonyl (C=O) groups is 1. The highest BCUT2D eigenvalue weighted by atomic mass is 32.2. The zero-order valence-corrected chi connectivity index (χ0v) is 14.7. The molecule has 0 bridgehead atoms. The fourth-order valence-corrected chi connectivity index (χ4v) is 4.13. The van der Waals surface area contributed by atoms with Gasteiger partial charge in [-0.25, -0.2) is 9.97 Å². The van der Waals surface area contributed by atoms with Crippen molar-refractivity contribution in [3.05, 3.63) is 18.1 Å². The first-order chi connectivity index (χ1) is 11.9. The number of aromatic nitrogens is 2. The minimum atomic E-state index is -4.46. The molecule has 9 heteroatoms. The average Bonchev–Trinajstić information content (AvgIpc) is 2.62. The molecule has 1 amide bonds. The monoisotopic (exact) mass is 374 g/mol. The molecule has 0 aromatic carbocycles. The fraction of sp³-hybridized carbons (Fsp3) is 0.688. The second-order valence-corrected chi connectivity index (χ2v) is 7.61. The van der Waals surface area contributed by atoms with Crippen LogP contribution < -0.4 is 4.90 Å². The largest absolute Gasteiger partial charge is 0.433 e. The van der Waals surface area contributed by atoms with Crippen LogP contribution >= 0.6 is 11.8 Å². The molecular formula is C16H21F3N4OS. The molecule has 0 N–H and O–H groups in total. The van der Waals surface area contributed by atoms with Crippen LogP contribution in [0.5, 0.6) is 0 Å². The first-order valence-corrected chi connectivity index (χ1v) is 9.58. The highest BCUT2D eigenvalue weighted by Gasteiger charge is 2.33. The first-order valence-electron chi connectivity index (χ1n) is 8.43. The maximum absolute atomic E-state index is 12.8. The van der Waals surface area contributed by atoms with Crippen molar-refractivity contribution in [3.63, 3.8) is 0 Å². The van der Waals surface area contributed by atoms with Crippen LogP contribution in [0.1, 0.15) is 25.0 Å². The van der Waals surface area contributed by atoms with Crippen molar-refractivity contribution in [3.8, 4) is 0 Å². The van der Waals surface area contributed by atoms with E-state index < -0.39 is 11.9 Å². The Kier molecular flexibility index (Phi) is 5.71. The van der Waals surface area contributed by atoms with Gasteiger partial charge in [0, 0.05) is 50.2 Å². The summed E-state index contributed by atoms with van der Waals surface area (Å²) in [4.78, 5) is 23.4. The van der Waals surface area contributed by atoms with Gasteiger partial charge >= 0.3 is 6.18 Å². The predicted octanol–water partition coefficient (Wildman–Crippen LogP) is 2.68. The molecule has 2 fully saturated rings. The van der Waals surface area contributed by atoms with E-state index in [4.69, 9.17) is 0 Å². The van der Waals surface area contributed by atoms with Gasteiger partial charge in [0.05, 0.1) is 0 Å². The van der Waals surface area contributed by atoms with Crippen molar-refractivity contribution in [1.29, 1.82) is 0 Å². The van der Waals surface area contributed by atoms with E-state index in [2.05, 4.69) is 9.97 Å². The third-order valence-corrected chi connectivity index (χ3v) is 5.65. The topological polar surface area (TPSA) is 49.3 Å². The number of hydrogen-bond acceptors (Lipinski definition) is 5. The number of piperidine rings is 1. The van der Waals surface area contributed by atoms with Crippen molar-refractivity contribution in [2.45, 2.75) is 25.4 Å². The molecule has 1 aromatic heterocycles. The summed E-state index contributed by atoms with van der Waals surface area (Å²) in [5.74, 6) is 2.81. The van der Waals surface area contributed by atoms with E-state index in [0.717, 1.165) is 49.8 Å². The molecule has 0 atom stereocenters. The number of alkyl halides is 3. The molecule has 3 heterocycles. The highest BCUT2D eigenvalue weighted by molar-refractivity contribution is 7.99. The summed E-state index contributed by atoms with van der Waals surface area (Å²) in [5, 5.41) is 0. The van der Waals surface area contributed by atoms with Gasteiger partial charge in [0.1, 0.15) is 17.8 Å². The molecule has 0 spiro atoms. The Hall–Kier alpha value is -1.51. The number of thioether (sulfide) groups is 1. The van der Waals surface area contributed by atoms with Crippen molar-refractivity contribution in [2.75, 3.05) is 42.6 Å². The van der Waals surface area contributed by atoms with E-state index in [9.17, 15) is 18.0 Å². The Morgan fingerprint density at radius 2 is 1.84 bits per heavy atom. The lowest BCUT2D eigenvalue weighted by Gasteiger charge is -2.34. The highest BCUT2D eigenvalue weighted by Crippen LogP contribution is 2.30. The van der Waals surface area contributed by atoms with Crippen molar-refractivity contribution < 1.29 is 18.0 Å². The van der Waals surface area contributed by atoms with Crippen molar-refractivity contribution >= 4 is 23.5 Å². The van der Waals surface area contributed by atoms with Crippen LogP contribution in [-0.4, -0.2) is 58.5 Å². The molecule has 5 nitrogen and oxygen atoms in total. The Balaban J connectivity index is 1.52. The van der Waals surface area contributed by atoms with Gasteiger partial charge in [-0.15, -0.1) is 0 Å². The lowest BCUT2D eigenvalue weighted by Crippen LogP contribution is -2.40. The van der Waals surface area contributed by atoms with Gasteiger partial charge in [-0.05, 0) is 18.8 Å². The summed E-state index contributed by atoms with van der Waals surface area (Å²) in [6.07, 6.45) is -1.38. The van der Waals surface area contributed by atoms with E-state index in [0.29, 0.717) is 31.2 Å². The van der Waals surface area contributed by atoms with Crippen LogP contribution in [0.4, 0.5) is 19.0 Å². The van der Waals surface area contributed by atoms with E-state index in [1.54, 1.807) is 0 Å². The Morgan fingerprint density at radius 1 is 1.16 bits per heavy atom. The molecule has 0 aliphatic carbocycles. The number of carbonyl (C=O) groups excluding carboxylic acids is 1. The second-order valence-electron chi connectivity index (χ2n) is 6.39. The predicted molar refractivity (Wildman–Crippen MR) is 90.5 cm³/mol. The number of halogens is 3. The summed E-state index contributed by atoms with van der Waals surface area (Å²) in [5.41, 5.74) is -0.919. The van der Waals surface area contributed by atoms with Crippen LogP contribution in [0.25, 0.3) is 0 Å². The summed E-state index contributed by atoms with van der Waals surface area (Å²) in [7, 11) is 0. The van der Waals surface area contributed by atoms with E-state index in [-0.39, 0.29) is 5.91 Å². The molecule has 0 radical (unpaired) electrons. The minimum Gasteiger partial charge on any atom is -0.356 e. The summed E-state index contributed by atoms with van der Waals surface area (Å²) >= 11 is 1.87. The number of nitrogens with zero attached hydrogens (tertiary/aromatic N) is 4. The maximum Gasteiger partial charge on any atom is 0.433 e. The fourth-order valence-electron chi connectivity index (χ4n) is 3.23. The number of rotatable bonds is 3. The summed E-state index contributed by atoms with van der Waals surface area (Å²) < 4.78 is 38.3. The molecule has 2 saturated heterocycles. The zero-order chi connectivity index (χ0) is 17.9. The lowest BCUT2D eigenvalue weighted by atomic mass is 9.93. The van der Waals surface area contributed by atoms with Gasteiger partial charge in [0.25, 0.3) is 0 Å². The van der Waals surface area contributed by atoms with Crippen LogP contribution in [-0.2, 0) is 11.0 Å². The third kappa shape index (κ3) is 4.77. The van der Waals surface area contributed by atoms with Crippen LogP contribution in [0.3, 0.4) is 0 Å². The number of anilines is 1. The van der Waals surface area contributed by atoms with E-state index in [1.165, 1.54) is 0 Å². The maximum atomic E-state index is 12.8. The molecule has 2 aliphatic rings. The van der Waals surface area contributed by atoms with Crippen molar-refractivity contribution in [1.82, 2.24) is 14.9 Å². The van der Waals surface area contributed by atoms with Crippen LogP contribution in [0, 0.1) is 5.92 Å². The quantitative estimate of drug-likeness (QED) is 0.814. The summed E-state index contributed by atoms with van der Waals surface area (Å²) in [6, 6.07) is 0.997. The average molecular weight is 374 g/mol. The van der Waals surface area contributed by atoms with Gasteiger partial charge in [0.2, 0.25) is 5.91 Å². The Bertz CT molecular complexity index is 599. The van der Waals surface area contributed by atoms with Gasteiger partial charge in [-0.2, -0.15) is 24.9 Å². The standard InChI is InChI=1S/C16H21F3N4OS/c17-16(18,19)13-10-14(21-11-20-13)22-3-1-12(2-4-22)9-15(24)23-5-7-25-8-6-23/h10-12H,1-9H2.